The topological polar surface area (TPSA) is 26.3 Å². The first-order chi connectivity index (χ1) is 6.24. The second-order valence-electron chi connectivity index (χ2n) is 4.47. The maximum Gasteiger partial charge on any atom is 0.309 e. The van der Waals surface area contributed by atoms with Crippen LogP contribution in [0.25, 0.3) is 0 Å². The molecule has 2 aliphatic carbocycles. The molecule has 4 atom stereocenters. The predicted molar refractivity (Wildman–Crippen MR) is 50.1 cm³/mol. The summed E-state index contributed by atoms with van der Waals surface area (Å²) in [6.07, 6.45) is 3.85. The molecule has 2 fully saturated rings. The van der Waals surface area contributed by atoms with Gasteiger partial charge in [0.1, 0.15) is 0 Å². The molecule has 0 spiro atoms. The molecule has 13 heavy (non-hydrogen) atoms. The van der Waals surface area contributed by atoms with E-state index in [1.165, 1.54) is 19.3 Å². The van der Waals surface area contributed by atoms with Crippen molar-refractivity contribution >= 4 is 5.97 Å². The van der Waals surface area contributed by atoms with Crippen molar-refractivity contribution in [1.29, 1.82) is 0 Å². The summed E-state index contributed by atoms with van der Waals surface area (Å²) < 4.78 is 5.11. The number of carbonyl (C=O) groups is 1. The van der Waals surface area contributed by atoms with Crippen LogP contribution in [0.4, 0.5) is 0 Å². The summed E-state index contributed by atoms with van der Waals surface area (Å²) in [5.74, 6) is 2.29. The highest BCUT2D eigenvalue weighted by molar-refractivity contribution is 5.73. The maximum atomic E-state index is 11.6. The Hall–Kier alpha value is -0.530. The number of ether oxygens (including phenoxy) is 1. The van der Waals surface area contributed by atoms with Gasteiger partial charge >= 0.3 is 5.97 Å². The molecule has 2 aliphatic rings. The lowest BCUT2D eigenvalue weighted by Crippen LogP contribution is -2.29. The first kappa shape index (κ1) is 9.04. The fourth-order valence-corrected chi connectivity index (χ4v) is 3.22. The number of esters is 1. The Morgan fingerprint density at radius 3 is 2.62 bits per heavy atom. The van der Waals surface area contributed by atoms with Crippen LogP contribution in [-0.4, -0.2) is 12.6 Å². The van der Waals surface area contributed by atoms with Gasteiger partial charge in [-0.3, -0.25) is 4.79 Å². The second-order valence-corrected chi connectivity index (χ2v) is 4.47. The van der Waals surface area contributed by atoms with Gasteiger partial charge in [0.25, 0.3) is 0 Å². The molecule has 2 nitrogen and oxygen atoms in total. The average molecular weight is 182 g/mol. The number of carbonyl (C=O) groups excluding carboxylic acids is 1. The zero-order valence-electron chi connectivity index (χ0n) is 8.45. The van der Waals surface area contributed by atoms with Gasteiger partial charge in [0.05, 0.1) is 12.5 Å². The van der Waals surface area contributed by atoms with Crippen molar-refractivity contribution in [2.75, 3.05) is 6.61 Å². The monoisotopic (exact) mass is 182 g/mol. The third-order valence-corrected chi connectivity index (χ3v) is 3.89. The van der Waals surface area contributed by atoms with E-state index >= 15 is 0 Å². The fraction of sp³-hybridized carbons (Fsp3) is 0.909. The molecule has 4 unspecified atom stereocenters. The lowest BCUT2D eigenvalue weighted by Gasteiger charge is -2.26. The first-order valence-electron chi connectivity index (χ1n) is 5.40. The minimum absolute atomic E-state index is 0.0576. The van der Waals surface area contributed by atoms with Crippen molar-refractivity contribution in [2.24, 2.45) is 23.7 Å². The summed E-state index contributed by atoms with van der Waals surface area (Å²) in [5.41, 5.74) is 0. The summed E-state index contributed by atoms with van der Waals surface area (Å²) in [5, 5.41) is 0. The molecule has 0 aromatic heterocycles. The minimum atomic E-state index is 0.0576. The number of hydrogen-bond acceptors (Lipinski definition) is 2. The van der Waals surface area contributed by atoms with Crippen molar-refractivity contribution in [2.45, 2.75) is 33.1 Å². The van der Waals surface area contributed by atoms with Gasteiger partial charge in [0.2, 0.25) is 0 Å². The van der Waals surface area contributed by atoms with Gasteiger partial charge < -0.3 is 4.74 Å². The van der Waals surface area contributed by atoms with Gasteiger partial charge in [-0.05, 0) is 43.9 Å². The second kappa shape index (κ2) is 3.32. The Bertz CT molecular complexity index is 210. The lowest BCUT2D eigenvalue weighted by atomic mass is 9.80. The Kier molecular flexibility index (Phi) is 2.31. The predicted octanol–water partition coefficient (Wildman–Crippen LogP) is 2.23. The Labute approximate surface area is 79.7 Å². The molecule has 0 N–H and O–H groups in total. The molecule has 0 heterocycles. The first-order valence-corrected chi connectivity index (χ1v) is 5.40. The Balaban J connectivity index is 2.03. The van der Waals surface area contributed by atoms with Crippen molar-refractivity contribution in [3.8, 4) is 0 Å². The lowest BCUT2D eigenvalue weighted by molar-refractivity contribution is -0.151. The van der Waals surface area contributed by atoms with Crippen LogP contribution in [0.2, 0.25) is 0 Å². The van der Waals surface area contributed by atoms with E-state index in [-0.39, 0.29) is 11.9 Å². The van der Waals surface area contributed by atoms with Gasteiger partial charge in [-0.1, -0.05) is 6.92 Å². The van der Waals surface area contributed by atoms with Crippen LogP contribution in [0.1, 0.15) is 33.1 Å². The molecule has 0 aromatic carbocycles. The molecular formula is C11H18O2. The molecule has 2 saturated carbocycles. The molecule has 0 radical (unpaired) electrons. The van der Waals surface area contributed by atoms with E-state index in [1.54, 1.807) is 0 Å². The van der Waals surface area contributed by atoms with Crippen molar-refractivity contribution < 1.29 is 9.53 Å². The third-order valence-electron chi connectivity index (χ3n) is 3.89. The highest BCUT2D eigenvalue weighted by atomic mass is 16.5. The average Bonchev–Trinajstić information content (AvgIpc) is 2.63. The van der Waals surface area contributed by atoms with E-state index in [0.29, 0.717) is 18.4 Å². The minimum Gasteiger partial charge on any atom is -0.466 e. The Morgan fingerprint density at radius 2 is 2.08 bits per heavy atom. The van der Waals surface area contributed by atoms with Crippen LogP contribution >= 0.6 is 0 Å². The van der Waals surface area contributed by atoms with Crippen LogP contribution in [0.15, 0.2) is 0 Å². The highest BCUT2D eigenvalue weighted by Gasteiger charge is 2.49. The highest BCUT2D eigenvalue weighted by Crippen LogP contribution is 2.52. The summed E-state index contributed by atoms with van der Waals surface area (Å²) in [6.45, 7) is 4.63. The van der Waals surface area contributed by atoms with E-state index in [1.807, 2.05) is 6.92 Å². The number of rotatable bonds is 2. The van der Waals surface area contributed by atoms with Gasteiger partial charge in [0, 0.05) is 0 Å². The van der Waals surface area contributed by atoms with Crippen LogP contribution in [0, 0.1) is 23.7 Å². The summed E-state index contributed by atoms with van der Waals surface area (Å²) in [4.78, 5) is 11.6. The SMILES string of the molecule is CCOC(=O)C1C2CCC(C2)C1C. The van der Waals surface area contributed by atoms with Gasteiger partial charge in [-0.2, -0.15) is 0 Å². The van der Waals surface area contributed by atoms with Gasteiger partial charge in [0.15, 0.2) is 0 Å². The molecule has 0 aromatic rings. The summed E-state index contributed by atoms with van der Waals surface area (Å²) >= 11 is 0. The third kappa shape index (κ3) is 1.36. The molecule has 74 valence electrons. The van der Waals surface area contributed by atoms with Crippen molar-refractivity contribution in [3.63, 3.8) is 0 Å². The zero-order valence-corrected chi connectivity index (χ0v) is 8.45. The normalized spacial score (nSPS) is 42.3. The molecular weight excluding hydrogens is 164 g/mol. The van der Waals surface area contributed by atoms with Crippen LogP contribution in [0.5, 0.6) is 0 Å². The Morgan fingerprint density at radius 1 is 1.38 bits per heavy atom. The molecule has 0 saturated heterocycles. The van der Waals surface area contributed by atoms with E-state index in [2.05, 4.69) is 6.92 Å². The molecule has 2 bridgehead atoms. The van der Waals surface area contributed by atoms with E-state index in [4.69, 9.17) is 4.74 Å². The van der Waals surface area contributed by atoms with Gasteiger partial charge in [-0.25, -0.2) is 0 Å². The maximum absolute atomic E-state index is 11.6. The van der Waals surface area contributed by atoms with E-state index in [9.17, 15) is 4.79 Å². The molecule has 0 amide bonds. The number of fused-ring (bicyclic) bond motifs is 2. The fourth-order valence-electron chi connectivity index (χ4n) is 3.22. The van der Waals surface area contributed by atoms with E-state index < -0.39 is 0 Å². The molecule has 2 heteroatoms. The quantitative estimate of drug-likeness (QED) is 0.612. The molecule has 2 rings (SSSR count). The van der Waals surface area contributed by atoms with E-state index in [0.717, 1.165) is 5.92 Å². The zero-order chi connectivity index (χ0) is 9.42. The standard InChI is InChI=1S/C11H18O2/c1-3-13-11(12)10-7(2)8-4-5-9(10)6-8/h7-10H,3-6H2,1-2H3. The summed E-state index contributed by atoms with van der Waals surface area (Å²) in [6, 6.07) is 0. The van der Waals surface area contributed by atoms with Crippen LogP contribution in [0.3, 0.4) is 0 Å². The smallest absolute Gasteiger partial charge is 0.309 e. The van der Waals surface area contributed by atoms with Crippen molar-refractivity contribution in [3.05, 3.63) is 0 Å². The van der Waals surface area contributed by atoms with Crippen LogP contribution < -0.4 is 0 Å². The van der Waals surface area contributed by atoms with Crippen molar-refractivity contribution in [1.82, 2.24) is 0 Å². The number of hydrogen-bond donors (Lipinski definition) is 0. The van der Waals surface area contributed by atoms with Crippen LogP contribution in [-0.2, 0) is 9.53 Å². The largest absolute Gasteiger partial charge is 0.466 e. The van der Waals surface area contributed by atoms with Gasteiger partial charge in [-0.15, -0.1) is 0 Å². The summed E-state index contributed by atoms with van der Waals surface area (Å²) in [7, 11) is 0. The molecule has 0 aliphatic heterocycles.